The predicted octanol–water partition coefficient (Wildman–Crippen LogP) is 3.14. The Morgan fingerprint density at radius 1 is 1.21 bits per heavy atom. The molecule has 1 fully saturated rings. The summed E-state index contributed by atoms with van der Waals surface area (Å²) >= 11 is 5.77. The van der Waals surface area contributed by atoms with E-state index in [1.165, 1.54) is 10.5 Å². The fourth-order valence-corrected chi connectivity index (χ4v) is 4.16. The number of aryl methyl sites for hydroxylation is 1. The number of aromatic nitrogens is 1. The fourth-order valence-electron chi connectivity index (χ4n) is 2.54. The third-order valence-electron chi connectivity index (χ3n) is 3.90. The van der Waals surface area contributed by atoms with Crippen molar-refractivity contribution in [3.05, 3.63) is 53.2 Å². The first-order valence-corrected chi connectivity index (χ1v) is 9.68. The summed E-state index contributed by atoms with van der Waals surface area (Å²) < 4.78 is 32.2. The highest BCUT2D eigenvalue weighted by Gasteiger charge is 2.38. The molecule has 0 amide bonds. The van der Waals surface area contributed by atoms with E-state index >= 15 is 0 Å². The molecule has 0 spiro atoms. The fraction of sp³-hybridized carbons (Fsp3) is 0.353. The molecule has 1 aliphatic heterocycles. The minimum atomic E-state index is -3.45. The van der Waals surface area contributed by atoms with E-state index < -0.39 is 10.0 Å². The van der Waals surface area contributed by atoms with Gasteiger partial charge >= 0.3 is 0 Å². The molecule has 0 saturated carbocycles. The largest absolute Gasteiger partial charge is 0.472 e. The van der Waals surface area contributed by atoms with Crippen molar-refractivity contribution < 1.29 is 13.2 Å². The molecule has 5 nitrogen and oxygen atoms in total. The summed E-state index contributed by atoms with van der Waals surface area (Å²) in [6.45, 7) is 2.74. The van der Waals surface area contributed by atoms with E-state index in [1.807, 2.05) is 12.1 Å². The molecule has 2 aromatic rings. The van der Waals surface area contributed by atoms with Crippen LogP contribution in [0.3, 0.4) is 0 Å². The van der Waals surface area contributed by atoms with Crippen molar-refractivity contribution >= 4 is 21.6 Å². The van der Waals surface area contributed by atoms with E-state index in [-0.39, 0.29) is 6.10 Å². The van der Waals surface area contributed by atoms with Crippen molar-refractivity contribution in [1.82, 2.24) is 9.29 Å². The summed E-state index contributed by atoms with van der Waals surface area (Å²) in [5.74, 6) is 0.449. The van der Waals surface area contributed by atoms with Crippen molar-refractivity contribution in [2.45, 2.75) is 30.8 Å². The second-order valence-electron chi connectivity index (χ2n) is 5.77. The first kappa shape index (κ1) is 17.2. The Morgan fingerprint density at radius 2 is 1.92 bits per heavy atom. The zero-order valence-electron chi connectivity index (χ0n) is 13.4. The van der Waals surface area contributed by atoms with Crippen LogP contribution in [0, 0.1) is 0 Å². The Bertz CT molecular complexity index is 786. The molecule has 0 bridgehead atoms. The molecular weight excluding hydrogens is 348 g/mol. The Kier molecular flexibility index (Phi) is 5.08. The molecule has 3 rings (SSSR count). The van der Waals surface area contributed by atoms with Gasteiger partial charge in [0.25, 0.3) is 0 Å². The maximum atomic E-state index is 12.6. The monoisotopic (exact) mass is 366 g/mol. The first-order valence-electron chi connectivity index (χ1n) is 7.86. The van der Waals surface area contributed by atoms with Gasteiger partial charge in [0.15, 0.2) is 0 Å². The Balaban J connectivity index is 1.60. The minimum absolute atomic E-state index is 0.187. The third kappa shape index (κ3) is 3.71. The molecule has 0 aliphatic carbocycles. The number of pyridine rings is 1. The summed E-state index contributed by atoms with van der Waals surface area (Å²) in [7, 11) is -3.45. The van der Waals surface area contributed by atoms with Crippen molar-refractivity contribution in [1.29, 1.82) is 0 Å². The van der Waals surface area contributed by atoms with Crippen LogP contribution in [0.25, 0.3) is 0 Å². The quantitative estimate of drug-likeness (QED) is 0.788. The number of ether oxygens (including phenoxy) is 1. The van der Waals surface area contributed by atoms with E-state index in [9.17, 15) is 8.42 Å². The topological polar surface area (TPSA) is 59.5 Å². The van der Waals surface area contributed by atoms with Crippen LogP contribution in [-0.4, -0.2) is 36.9 Å². The second kappa shape index (κ2) is 7.09. The van der Waals surface area contributed by atoms with Gasteiger partial charge in [0.2, 0.25) is 15.9 Å². The first-order chi connectivity index (χ1) is 11.5. The summed E-state index contributed by atoms with van der Waals surface area (Å²) in [6.07, 6.45) is 3.30. The van der Waals surface area contributed by atoms with Gasteiger partial charge in [-0.25, -0.2) is 13.4 Å². The smallest absolute Gasteiger partial charge is 0.243 e. The molecule has 1 aromatic carbocycles. The van der Waals surface area contributed by atoms with Crippen LogP contribution in [0.5, 0.6) is 5.88 Å². The van der Waals surface area contributed by atoms with Crippen LogP contribution in [0.15, 0.2) is 47.5 Å². The molecule has 0 radical (unpaired) electrons. The van der Waals surface area contributed by atoms with Gasteiger partial charge in [-0.1, -0.05) is 37.1 Å². The standard InChI is InChI=1S/C17H19ClN2O3S/c1-2-3-13-4-7-16(8-5-13)24(21,22)20-11-15(12-20)23-17-9-6-14(18)10-19-17/h4-10,15H,2-3,11-12H2,1H3. The molecule has 0 unspecified atom stereocenters. The number of hydrogen-bond donors (Lipinski definition) is 0. The van der Waals surface area contributed by atoms with Crippen LogP contribution >= 0.6 is 11.6 Å². The lowest BCUT2D eigenvalue weighted by atomic mass is 10.1. The maximum Gasteiger partial charge on any atom is 0.243 e. The normalized spacial score (nSPS) is 15.9. The van der Waals surface area contributed by atoms with Gasteiger partial charge < -0.3 is 4.74 Å². The Morgan fingerprint density at radius 3 is 2.50 bits per heavy atom. The molecule has 7 heteroatoms. The van der Waals surface area contributed by atoms with Crippen LogP contribution in [-0.2, 0) is 16.4 Å². The SMILES string of the molecule is CCCc1ccc(S(=O)(=O)N2CC(Oc3ccc(Cl)cn3)C2)cc1. The highest BCUT2D eigenvalue weighted by atomic mass is 35.5. The number of rotatable bonds is 6. The summed E-state index contributed by atoms with van der Waals surface area (Å²) in [5, 5.41) is 0.534. The van der Waals surface area contributed by atoms with E-state index in [1.54, 1.807) is 24.3 Å². The maximum absolute atomic E-state index is 12.6. The number of benzene rings is 1. The van der Waals surface area contributed by atoms with Crippen molar-refractivity contribution in [2.75, 3.05) is 13.1 Å². The van der Waals surface area contributed by atoms with Gasteiger partial charge in [-0.15, -0.1) is 0 Å². The molecule has 0 N–H and O–H groups in total. The van der Waals surface area contributed by atoms with E-state index in [2.05, 4.69) is 11.9 Å². The lowest BCUT2D eigenvalue weighted by Gasteiger charge is -2.37. The summed E-state index contributed by atoms with van der Waals surface area (Å²) in [4.78, 5) is 4.37. The van der Waals surface area contributed by atoms with Crippen molar-refractivity contribution in [2.24, 2.45) is 0 Å². The molecular formula is C17H19ClN2O3S. The molecule has 1 saturated heterocycles. The average Bonchev–Trinajstić information content (AvgIpc) is 2.53. The molecule has 24 heavy (non-hydrogen) atoms. The number of hydrogen-bond acceptors (Lipinski definition) is 4. The van der Waals surface area contributed by atoms with Gasteiger partial charge in [-0.2, -0.15) is 4.31 Å². The molecule has 1 aromatic heterocycles. The molecule has 1 aliphatic rings. The highest BCUT2D eigenvalue weighted by Crippen LogP contribution is 2.25. The number of sulfonamides is 1. The Hall–Kier alpha value is -1.63. The second-order valence-corrected chi connectivity index (χ2v) is 8.14. The van der Waals surface area contributed by atoms with E-state index in [0.29, 0.717) is 28.9 Å². The highest BCUT2D eigenvalue weighted by molar-refractivity contribution is 7.89. The van der Waals surface area contributed by atoms with Gasteiger partial charge in [-0.05, 0) is 30.2 Å². The van der Waals surface area contributed by atoms with Crippen LogP contribution in [0.1, 0.15) is 18.9 Å². The van der Waals surface area contributed by atoms with E-state index in [4.69, 9.17) is 16.3 Å². The summed E-state index contributed by atoms with van der Waals surface area (Å²) in [6, 6.07) is 10.5. The van der Waals surface area contributed by atoms with E-state index in [0.717, 1.165) is 18.4 Å². The summed E-state index contributed by atoms with van der Waals surface area (Å²) in [5.41, 5.74) is 1.15. The van der Waals surface area contributed by atoms with Crippen molar-refractivity contribution in [3.63, 3.8) is 0 Å². The zero-order valence-corrected chi connectivity index (χ0v) is 14.9. The van der Waals surface area contributed by atoms with Gasteiger partial charge in [0, 0.05) is 12.3 Å². The number of halogens is 1. The molecule has 128 valence electrons. The van der Waals surface area contributed by atoms with Gasteiger partial charge in [0.1, 0.15) is 6.10 Å². The van der Waals surface area contributed by atoms with Crippen LogP contribution in [0.2, 0.25) is 5.02 Å². The minimum Gasteiger partial charge on any atom is -0.472 e. The van der Waals surface area contributed by atoms with Crippen molar-refractivity contribution in [3.8, 4) is 5.88 Å². The number of nitrogens with zero attached hydrogens (tertiary/aromatic N) is 2. The lowest BCUT2D eigenvalue weighted by Crippen LogP contribution is -2.56. The van der Waals surface area contributed by atoms with Gasteiger partial charge in [-0.3, -0.25) is 0 Å². The Labute approximate surface area is 147 Å². The van der Waals surface area contributed by atoms with Crippen LogP contribution < -0.4 is 4.74 Å². The average molecular weight is 367 g/mol. The molecule has 0 atom stereocenters. The van der Waals surface area contributed by atoms with Crippen LogP contribution in [0.4, 0.5) is 0 Å². The molecule has 2 heterocycles. The zero-order chi connectivity index (χ0) is 17.2. The van der Waals surface area contributed by atoms with Gasteiger partial charge in [0.05, 0.1) is 23.0 Å². The lowest BCUT2D eigenvalue weighted by molar-refractivity contribution is 0.0721. The predicted molar refractivity (Wildman–Crippen MR) is 92.9 cm³/mol. The third-order valence-corrected chi connectivity index (χ3v) is 5.97.